The topological polar surface area (TPSA) is 44.1 Å². The van der Waals surface area contributed by atoms with Crippen LogP contribution in [0.2, 0.25) is 0 Å². The van der Waals surface area contributed by atoms with E-state index in [9.17, 15) is 18.0 Å². The van der Waals surface area contributed by atoms with Gasteiger partial charge in [-0.15, -0.1) is 0 Å². The third-order valence-corrected chi connectivity index (χ3v) is 3.79. The monoisotopic (exact) mass is 382 g/mol. The summed E-state index contributed by atoms with van der Waals surface area (Å²) in [5.74, 6) is -2.94. The van der Waals surface area contributed by atoms with Crippen molar-refractivity contribution in [1.29, 1.82) is 5.26 Å². The highest BCUT2D eigenvalue weighted by molar-refractivity contribution is 9.10. The number of halogens is 4. The zero-order valence-corrected chi connectivity index (χ0v) is 13.5. The summed E-state index contributed by atoms with van der Waals surface area (Å²) >= 11 is 2.99. The minimum atomic E-state index is -0.990. The smallest absolute Gasteiger partial charge is 0.186 e. The minimum Gasteiger partial charge on any atom is -0.292 e. The number of rotatable bonds is 4. The zero-order valence-electron chi connectivity index (χ0n) is 11.9. The predicted molar refractivity (Wildman–Crippen MR) is 82.5 cm³/mol. The number of benzene rings is 2. The average molecular weight is 383 g/mol. The van der Waals surface area contributed by atoms with Gasteiger partial charge in [0.2, 0.25) is 0 Å². The summed E-state index contributed by atoms with van der Waals surface area (Å²) in [7, 11) is 0. The molecule has 0 amide bonds. The number of anilines is 1. The molecule has 23 heavy (non-hydrogen) atoms. The third kappa shape index (κ3) is 3.71. The molecule has 0 bridgehead atoms. The summed E-state index contributed by atoms with van der Waals surface area (Å²) < 4.78 is 40.3. The number of hydrogen-bond donors (Lipinski definition) is 0. The maximum Gasteiger partial charge on any atom is 0.186 e. The number of hydrogen-bond acceptors (Lipinski definition) is 3. The van der Waals surface area contributed by atoms with Crippen LogP contribution in [0.25, 0.3) is 0 Å². The lowest BCUT2D eigenvalue weighted by Crippen LogP contribution is -2.26. The summed E-state index contributed by atoms with van der Waals surface area (Å²) in [5.41, 5.74) is 0.0986. The highest BCUT2D eigenvalue weighted by Gasteiger charge is 2.19. The van der Waals surface area contributed by atoms with E-state index in [1.165, 1.54) is 19.1 Å². The van der Waals surface area contributed by atoms with Crippen molar-refractivity contribution >= 4 is 27.4 Å². The van der Waals surface area contributed by atoms with Gasteiger partial charge in [0.1, 0.15) is 17.5 Å². The van der Waals surface area contributed by atoms with Gasteiger partial charge < -0.3 is 0 Å². The molecule has 0 saturated heterocycles. The minimum absolute atomic E-state index is 0.128. The number of Topliss-reactive ketones (excluding diaryl/α,β-unsaturated/α-hetero) is 1. The van der Waals surface area contributed by atoms with Gasteiger partial charge in [-0.3, -0.25) is 9.69 Å². The van der Waals surface area contributed by atoms with Crippen molar-refractivity contribution in [1.82, 2.24) is 0 Å². The molecule has 0 fully saturated rings. The maximum absolute atomic E-state index is 13.7. The van der Waals surface area contributed by atoms with E-state index in [0.717, 1.165) is 17.0 Å². The summed E-state index contributed by atoms with van der Waals surface area (Å²) in [6, 6.07) is 5.52. The van der Waals surface area contributed by atoms with Gasteiger partial charge in [-0.05, 0) is 52.7 Å². The van der Waals surface area contributed by atoms with E-state index in [1.54, 1.807) is 6.19 Å². The van der Waals surface area contributed by atoms with Crippen LogP contribution in [0.3, 0.4) is 0 Å². The van der Waals surface area contributed by atoms with E-state index in [-0.39, 0.29) is 21.3 Å². The van der Waals surface area contributed by atoms with E-state index in [0.29, 0.717) is 6.07 Å². The van der Waals surface area contributed by atoms with Crippen LogP contribution >= 0.6 is 15.9 Å². The Morgan fingerprint density at radius 1 is 1.17 bits per heavy atom. The second kappa shape index (κ2) is 6.84. The fourth-order valence-electron chi connectivity index (χ4n) is 1.94. The van der Waals surface area contributed by atoms with E-state index in [4.69, 9.17) is 5.26 Å². The largest absolute Gasteiger partial charge is 0.292 e. The molecular formula is C16H10BrF3N2O. The van der Waals surface area contributed by atoms with Crippen LogP contribution in [-0.2, 0) is 0 Å². The van der Waals surface area contributed by atoms with Gasteiger partial charge in [0.15, 0.2) is 12.0 Å². The molecule has 7 heteroatoms. The fraction of sp³-hybridized carbons (Fsp3) is 0.125. The molecule has 0 heterocycles. The molecule has 2 rings (SSSR count). The van der Waals surface area contributed by atoms with E-state index < -0.39 is 29.8 Å². The van der Waals surface area contributed by atoms with Crippen LogP contribution in [0.15, 0.2) is 34.8 Å². The molecule has 0 N–H and O–H groups in total. The fourth-order valence-corrected chi connectivity index (χ4v) is 2.30. The second-order valence-electron chi connectivity index (χ2n) is 4.79. The average Bonchev–Trinajstić information content (AvgIpc) is 2.51. The molecule has 2 aromatic rings. The Morgan fingerprint density at radius 3 is 2.48 bits per heavy atom. The van der Waals surface area contributed by atoms with Crippen LogP contribution in [0.1, 0.15) is 15.9 Å². The van der Waals surface area contributed by atoms with Crippen molar-refractivity contribution in [2.75, 3.05) is 11.4 Å². The molecule has 0 atom stereocenters. The predicted octanol–water partition coefficient (Wildman–Crippen LogP) is 4.35. The molecule has 3 nitrogen and oxygen atoms in total. The molecule has 0 unspecified atom stereocenters. The Morgan fingerprint density at radius 2 is 1.87 bits per heavy atom. The number of nitrogens with zero attached hydrogens (tertiary/aromatic N) is 2. The number of aryl methyl sites for hydroxylation is 1. The van der Waals surface area contributed by atoms with Crippen LogP contribution < -0.4 is 4.90 Å². The molecular weight excluding hydrogens is 373 g/mol. The lowest BCUT2D eigenvalue weighted by Gasteiger charge is -2.16. The van der Waals surface area contributed by atoms with Crippen molar-refractivity contribution in [3.05, 3.63) is 63.4 Å². The second-order valence-corrected chi connectivity index (χ2v) is 5.64. The first-order valence-corrected chi connectivity index (χ1v) is 7.24. The molecule has 118 valence electrons. The number of nitriles is 1. The van der Waals surface area contributed by atoms with Crippen LogP contribution in [-0.4, -0.2) is 12.3 Å². The quantitative estimate of drug-likeness (QED) is 0.448. The van der Waals surface area contributed by atoms with Crippen molar-refractivity contribution < 1.29 is 18.0 Å². The molecule has 0 aliphatic heterocycles. The Labute approximate surface area is 139 Å². The van der Waals surface area contributed by atoms with Crippen LogP contribution in [0.5, 0.6) is 0 Å². The molecule has 0 saturated carbocycles. The van der Waals surface area contributed by atoms with Crippen molar-refractivity contribution in [2.45, 2.75) is 6.92 Å². The van der Waals surface area contributed by atoms with Gasteiger partial charge >= 0.3 is 0 Å². The number of carbonyl (C=O) groups excluding carboxylic acids is 1. The Balaban J connectivity index is 2.29. The standard InChI is InChI=1S/C16H10BrF3N2O/c1-9-4-11(15(20)6-14(9)19)16(23)7-22(8-21)10-2-3-13(18)12(17)5-10/h2-6H,7H2,1H3. The Bertz CT molecular complexity index is 818. The molecule has 0 aliphatic rings. The van der Waals surface area contributed by atoms with Crippen molar-refractivity contribution in [3.63, 3.8) is 0 Å². The van der Waals surface area contributed by atoms with Gasteiger partial charge in [-0.2, -0.15) is 5.26 Å². The normalized spacial score (nSPS) is 10.3. The summed E-state index contributed by atoms with van der Waals surface area (Å²) in [6.07, 6.45) is 1.78. The van der Waals surface area contributed by atoms with Gasteiger partial charge in [0, 0.05) is 6.07 Å². The van der Waals surface area contributed by atoms with Crippen molar-refractivity contribution in [3.8, 4) is 6.19 Å². The number of carbonyl (C=O) groups is 1. The summed E-state index contributed by atoms with van der Waals surface area (Å²) in [4.78, 5) is 13.2. The first kappa shape index (κ1) is 17.0. The SMILES string of the molecule is Cc1cc(C(=O)CN(C#N)c2ccc(F)c(Br)c2)c(F)cc1F. The third-order valence-electron chi connectivity index (χ3n) is 3.19. The summed E-state index contributed by atoms with van der Waals surface area (Å²) in [6.45, 7) is 0.960. The highest BCUT2D eigenvalue weighted by Crippen LogP contribution is 2.23. The number of ketones is 1. The van der Waals surface area contributed by atoms with E-state index in [2.05, 4.69) is 15.9 Å². The van der Waals surface area contributed by atoms with Gasteiger partial charge in [-0.25, -0.2) is 13.2 Å². The molecule has 0 spiro atoms. The molecule has 0 aromatic heterocycles. The maximum atomic E-state index is 13.7. The van der Waals surface area contributed by atoms with Crippen molar-refractivity contribution in [2.24, 2.45) is 0 Å². The zero-order chi connectivity index (χ0) is 17.1. The van der Waals surface area contributed by atoms with E-state index in [1.807, 2.05) is 0 Å². The van der Waals surface area contributed by atoms with E-state index >= 15 is 0 Å². The van der Waals surface area contributed by atoms with Crippen LogP contribution in [0, 0.1) is 35.8 Å². The Hall–Kier alpha value is -2.33. The van der Waals surface area contributed by atoms with Gasteiger partial charge in [0.25, 0.3) is 0 Å². The molecule has 0 aliphatic carbocycles. The Kier molecular flexibility index (Phi) is 5.06. The lowest BCUT2D eigenvalue weighted by molar-refractivity contribution is 0.0997. The van der Waals surface area contributed by atoms with Crippen LogP contribution in [0.4, 0.5) is 18.9 Å². The lowest BCUT2D eigenvalue weighted by atomic mass is 10.1. The molecule has 0 radical (unpaired) electrons. The van der Waals surface area contributed by atoms with Gasteiger partial charge in [0.05, 0.1) is 22.3 Å². The summed E-state index contributed by atoms with van der Waals surface area (Å²) in [5, 5.41) is 9.16. The van der Waals surface area contributed by atoms with Gasteiger partial charge in [-0.1, -0.05) is 0 Å². The first-order valence-electron chi connectivity index (χ1n) is 6.44. The molecule has 2 aromatic carbocycles. The highest BCUT2D eigenvalue weighted by atomic mass is 79.9. The first-order chi connectivity index (χ1) is 10.8.